The van der Waals surface area contributed by atoms with Crippen LogP contribution in [0.3, 0.4) is 0 Å². The zero-order valence-electron chi connectivity index (χ0n) is 11.4. The van der Waals surface area contributed by atoms with Crippen molar-refractivity contribution in [3.8, 4) is 0 Å². The van der Waals surface area contributed by atoms with Gasteiger partial charge >= 0.3 is 0 Å². The predicted octanol–water partition coefficient (Wildman–Crippen LogP) is 0.711. The van der Waals surface area contributed by atoms with Gasteiger partial charge in [-0.3, -0.25) is 4.90 Å². The van der Waals surface area contributed by atoms with Gasteiger partial charge in [0, 0.05) is 45.1 Å². The van der Waals surface area contributed by atoms with Crippen LogP contribution in [0.25, 0.3) is 0 Å². The van der Waals surface area contributed by atoms with E-state index in [1.807, 2.05) is 18.7 Å². The number of nitrogens with zero attached hydrogens (tertiary/aromatic N) is 3. The number of hydrogen-bond acceptors (Lipinski definition) is 4. The van der Waals surface area contributed by atoms with Gasteiger partial charge in [0.15, 0.2) is 0 Å². The van der Waals surface area contributed by atoms with Crippen LogP contribution < -0.4 is 5.73 Å². The second-order valence-corrected chi connectivity index (χ2v) is 5.62. The summed E-state index contributed by atoms with van der Waals surface area (Å²) in [6.07, 6.45) is 6.99. The van der Waals surface area contributed by atoms with Crippen LogP contribution in [-0.4, -0.2) is 52.3 Å². The molecule has 5 heteroatoms. The Morgan fingerprint density at radius 2 is 2.28 bits per heavy atom. The molecule has 0 saturated carbocycles. The highest BCUT2D eigenvalue weighted by molar-refractivity contribution is 4.84. The van der Waals surface area contributed by atoms with E-state index in [9.17, 15) is 0 Å². The lowest BCUT2D eigenvalue weighted by atomic mass is 10.0. The van der Waals surface area contributed by atoms with Crippen molar-refractivity contribution >= 4 is 0 Å². The van der Waals surface area contributed by atoms with Gasteiger partial charge in [0.1, 0.15) is 0 Å². The van der Waals surface area contributed by atoms with Crippen LogP contribution in [-0.2, 0) is 11.3 Å². The van der Waals surface area contributed by atoms with E-state index in [1.165, 1.54) is 0 Å². The number of imidazole rings is 1. The maximum Gasteiger partial charge on any atom is 0.0945 e. The van der Waals surface area contributed by atoms with Gasteiger partial charge in [-0.15, -0.1) is 0 Å². The Bertz CT molecular complexity index is 350. The lowest BCUT2D eigenvalue weighted by Crippen LogP contribution is -2.54. The van der Waals surface area contributed by atoms with Crippen molar-refractivity contribution in [2.75, 3.05) is 26.2 Å². The SMILES string of the molecule is CC1(C)CN(CCCn2ccnc2)CC(CN)O1. The zero-order chi connectivity index (χ0) is 13.0. The van der Waals surface area contributed by atoms with E-state index < -0.39 is 0 Å². The van der Waals surface area contributed by atoms with Crippen molar-refractivity contribution in [1.29, 1.82) is 0 Å². The first-order valence-electron chi connectivity index (χ1n) is 6.65. The Balaban J connectivity index is 1.77. The summed E-state index contributed by atoms with van der Waals surface area (Å²) in [5.41, 5.74) is 5.64. The highest BCUT2D eigenvalue weighted by atomic mass is 16.5. The Morgan fingerprint density at radius 1 is 1.44 bits per heavy atom. The molecule has 1 unspecified atom stereocenters. The van der Waals surface area contributed by atoms with Crippen molar-refractivity contribution in [3.63, 3.8) is 0 Å². The molecule has 0 aliphatic carbocycles. The monoisotopic (exact) mass is 252 g/mol. The summed E-state index contributed by atoms with van der Waals surface area (Å²) in [5, 5.41) is 0. The molecule has 0 radical (unpaired) electrons. The number of aryl methyl sites for hydroxylation is 1. The average molecular weight is 252 g/mol. The van der Waals surface area contributed by atoms with Crippen molar-refractivity contribution in [2.45, 2.75) is 38.5 Å². The molecule has 2 heterocycles. The van der Waals surface area contributed by atoms with Crippen LogP contribution in [0.5, 0.6) is 0 Å². The van der Waals surface area contributed by atoms with Crippen molar-refractivity contribution < 1.29 is 4.74 Å². The Hall–Kier alpha value is -0.910. The molecule has 5 nitrogen and oxygen atoms in total. The summed E-state index contributed by atoms with van der Waals surface area (Å²) in [4.78, 5) is 6.51. The molecule has 0 amide bonds. The largest absolute Gasteiger partial charge is 0.368 e. The van der Waals surface area contributed by atoms with Gasteiger partial charge in [0.05, 0.1) is 18.0 Å². The predicted molar refractivity (Wildman–Crippen MR) is 71.3 cm³/mol. The fraction of sp³-hybridized carbons (Fsp3) is 0.769. The molecule has 102 valence electrons. The number of nitrogens with two attached hydrogens (primary N) is 1. The topological polar surface area (TPSA) is 56.3 Å². The third-order valence-corrected chi connectivity index (χ3v) is 3.26. The molecule has 2 N–H and O–H groups in total. The molecule has 18 heavy (non-hydrogen) atoms. The minimum absolute atomic E-state index is 0.0860. The molecule has 1 aliphatic heterocycles. The summed E-state index contributed by atoms with van der Waals surface area (Å²) in [5.74, 6) is 0. The molecule has 1 atom stereocenters. The number of ether oxygens (including phenoxy) is 1. The van der Waals surface area contributed by atoms with Crippen LogP contribution in [0.1, 0.15) is 20.3 Å². The molecule has 0 aromatic carbocycles. The van der Waals surface area contributed by atoms with E-state index in [1.54, 1.807) is 0 Å². The molecule has 1 aromatic rings. The number of hydrogen-bond donors (Lipinski definition) is 1. The normalized spacial score (nSPS) is 24.3. The van der Waals surface area contributed by atoms with Gasteiger partial charge in [-0.2, -0.15) is 0 Å². The number of rotatable bonds is 5. The highest BCUT2D eigenvalue weighted by Crippen LogP contribution is 2.20. The number of morpholine rings is 1. The molecular weight excluding hydrogens is 228 g/mol. The highest BCUT2D eigenvalue weighted by Gasteiger charge is 2.32. The van der Waals surface area contributed by atoms with Gasteiger partial charge in [0.2, 0.25) is 0 Å². The Morgan fingerprint density at radius 3 is 2.94 bits per heavy atom. The van der Waals surface area contributed by atoms with E-state index in [0.29, 0.717) is 6.54 Å². The first kappa shape index (κ1) is 13.5. The third kappa shape index (κ3) is 3.80. The minimum atomic E-state index is -0.0860. The van der Waals surface area contributed by atoms with Crippen LogP contribution in [0.15, 0.2) is 18.7 Å². The maximum atomic E-state index is 5.92. The summed E-state index contributed by atoms with van der Waals surface area (Å²) in [7, 11) is 0. The van der Waals surface area contributed by atoms with Crippen molar-refractivity contribution in [2.24, 2.45) is 5.73 Å². The Labute approximate surface area is 109 Å². The summed E-state index contributed by atoms with van der Waals surface area (Å²) >= 11 is 0. The zero-order valence-corrected chi connectivity index (χ0v) is 11.4. The molecule has 2 rings (SSSR count). The maximum absolute atomic E-state index is 5.92. The molecule has 1 fully saturated rings. The average Bonchev–Trinajstić information content (AvgIpc) is 2.80. The smallest absolute Gasteiger partial charge is 0.0945 e. The molecular formula is C13H24N4O. The second kappa shape index (κ2) is 5.82. The molecule has 0 bridgehead atoms. The van der Waals surface area contributed by atoms with Crippen LogP contribution in [0, 0.1) is 0 Å². The van der Waals surface area contributed by atoms with E-state index in [4.69, 9.17) is 10.5 Å². The fourth-order valence-corrected chi connectivity index (χ4v) is 2.61. The first-order valence-corrected chi connectivity index (χ1v) is 6.65. The second-order valence-electron chi connectivity index (χ2n) is 5.62. The fourth-order valence-electron chi connectivity index (χ4n) is 2.61. The van der Waals surface area contributed by atoms with Gasteiger partial charge in [0.25, 0.3) is 0 Å². The minimum Gasteiger partial charge on any atom is -0.368 e. The van der Waals surface area contributed by atoms with E-state index in [2.05, 4.69) is 28.3 Å². The quantitative estimate of drug-likeness (QED) is 0.838. The van der Waals surface area contributed by atoms with E-state index in [0.717, 1.165) is 32.6 Å². The summed E-state index contributed by atoms with van der Waals surface area (Å²) in [6.45, 7) is 8.90. The lowest BCUT2D eigenvalue weighted by Gasteiger charge is -2.42. The summed E-state index contributed by atoms with van der Waals surface area (Å²) < 4.78 is 8.04. The Kier molecular flexibility index (Phi) is 4.37. The molecule has 0 spiro atoms. The van der Waals surface area contributed by atoms with Gasteiger partial charge in [-0.1, -0.05) is 0 Å². The lowest BCUT2D eigenvalue weighted by molar-refractivity contribution is -0.132. The van der Waals surface area contributed by atoms with Crippen LogP contribution in [0.4, 0.5) is 0 Å². The van der Waals surface area contributed by atoms with E-state index >= 15 is 0 Å². The van der Waals surface area contributed by atoms with Crippen molar-refractivity contribution in [1.82, 2.24) is 14.5 Å². The third-order valence-electron chi connectivity index (χ3n) is 3.26. The van der Waals surface area contributed by atoms with Crippen LogP contribution in [0.2, 0.25) is 0 Å². The molecule has 1 saturated heterocycles. The van der Waals surface area contributed by atoms with Gasteiger partial charge in [-0.25, -0.2) is 4.98 Å². The first-order chi connectivity index (χ1) is 8.59. The molecule has 1 aliphatic rings. The van der Waals surface area contributed by atoms with Gasteiger partial charge in [-0.05, 0) is 20.3 Å². The summed E-state index contributed by atoms with van der Waals surface area (Å²) in [6, 6.07) is 0. The van der Waals surface area contributed by atoms with Crippen molar-refractivity contribution in [3.05, 3.63) is 18.7 Å². The number of aromatic nitrogens is 2. The van der Waals surface area contributed by atoms with Gasteiger partial charge < -0.3 is 15.0 Å². The van der Waals surface area contributed by atoms with Crippen LogP contribution >= 0.6 is 0 Å². The van der Waals surface area contributed by atoms with E-state index in [-0.39, 0.29) is 11.7 Å². The standard InChI is InChI=1S/C13H24N4O/c1-13(2)10-17(9-12(8-14)18-13)6-3-5-16-7-4-15-11-16/h4,7,11-12H,3,5-6,8-10,14H2,1-2H3. The molecule has 1 aromatic heterocycles.